The quantitative estimate of drug-likeness (QED) is 0.526. The number of hydrogen-bond donors (Lipinski definition) is 1. The zero-order chi connectivity index (χ0) is 12.1. The Hall–Kier alpha value is -0.120. The molecular weight excluding hydrogens is 204 g/mol. The van der Waals surface area contributed by atoms with Crippen molar-refractivity contribution in [3.8, 4) is 0 Å². The van der Waals surface area contributed by atoms with Crippen LogP contribution in [-0.4, -0.2) is 38.1 Å². The second-order valence-electron chi connectivity index (χ2n) is 4.37. The Bertz CT molecular complexity index is 128. The SMILES string of the molecule is CCCCCCC(C)COCCOCCO. The Balaban J connectivity index is 3.08. The minimum atomic E-state index is 0.0911. The van der Waals surface area contributed by atoms with Gasteiger partial charge in [-0.15, -0.1) is 0 Å². The summed E-state index contributed by atoms with van der Waals surface area (Å²) in [4.78, 5) is 0. The molecule has 0 aromatic rings. The summed E-state index contributed by atoms with van der Waals surface area (Å²) >= 11 is 0. The van der Waals surface area contributed by atoms with Crippen LogP contribution in [0.1, 0.15) is 46.0 Å². The van der Waals surface area contributed by atoms with E-state index in [1.165, 1.54) is 32.1 Å². The number of hydrogen-bond acceptors (Lipinski definition) is 3. The number of aliphatic hydroxyl groups is 1. The maximum atomic E-state index is 8.49. The van der Waals surface area contributed by atoms with E-state index in [1.807, 2.05) is 0 Å². The van der Waals surface area contributed by atoms with Crippen LogP contribution in [0.15, 0.2) is 0 Å². The molecule has 0 heterocycles. The zero-order valence-corrected chi connectivity index (χ0v) is 10.9. The normalized spacial score (nSPS) is 12.9. The Morgan fingerprint density at radius 2 is 1.75 bits per heavy atom. The van der Waals surface area contributed by atoms with Crippen LogP contribution < -0.4 is 0 Å². The molecule has 0 saturated heterocycles. The van der Waals surface area contributed by atoms with Gasteiger partial charge in [-0.3, -0.25) is 0 Å². The molecule has 1 unspecified atom stereocenters. The predicted octanol–water partition coefficient (Wildman–Crippen LogP) is 2.62. The highest BCUT2D eigenvalue weighted by molar-refractivity contribution is 4.52. The van der Waals surface area contributed by atoms with Gasteiger partial charge in [0.25, 0.3) is 0 Å². The fourth-order valence-corrected chi connectivity index (χ4v) is 1.57. The van der Waals surface area contributed by atoms with Crippen LogP contribution in [0.2, 0.25) is 0 Å². The van der Waals surface area contributed by atoms with Gasteiger partial charge in [-0.1, -0.05) is 39.5 Å². The fraction of sp³-hybridized carbons (Fsp3) is 1.00. The molecule has 0 saturated carbocycles. The molecule has 3 heteroatoms. The molecule has 0 radical (unpaired) electrons. The van der Waals surface area contributed by atoms with E-state index in [4.69, 9.17) is 14.6 Å². The molecule has 3 nitrogen and oxygen atoms in total. The van der Waals surface area contributed by atoms with Crippen molar-refractivity contribution in [2.24, 2.45) is 5.92 Å². The van der Waals surface area contributed by atoms with Crippen molar-refractivity contribution < 1.29 is 14.6 Å². The van der Waals surface area contributed by atoms with Crippen LogP contribution in [0, 0.1) is 5.92 Å². The second kappa shape index (κ2) is 12.9. The van der Waals surface area contributed by atoms with Gasteiger partial charge in [0.1, 0.15) is 0 Å². The Morgan fingerprint density at radius 1 is 1.00 bits per heavy atom. The Kier molecular flexibility index (Phi) is 12.9. The summed E-state index contributed by atoms with van der Waals surface area (Å²) in [6, 6.07) is 0. The van der Waals surface area contributed by atoms with Crippen molar-refractivity contribution in [2.45, 2.75) is 46.0 Å². The molecule has 0 amide bonds. The first kappa shape index (κ1) is 15.9. The van der Waals surface area contributed by atoms with E-state index in [0.29, 0.717) is 25.7 Å². The molecule has 0 rings (SSSR count). The molecular formula is C13H28O3. The molecule has 0 aromatic heterocycles. The first-order chi connectivity index (χ1) is 7.81. The lowest BCUT2D eigenvalue weighted by molar-refractivity contribution is 0.0228. The lowest BCUT2D eigenvalue weighted by Gasteiger charge is -2.11. The highest BCUT2D eigenvalue weighted by atomic mass is 16.5. The third kappa shape index (κ3) is 12.0. The number of ether oxygens (including phenoxy) is 2. The number of unbranched alkanes of at least 4 members (excludes halogenated alkanes) is 3. The minimum Gasteiger partial charge on any atom is -0.394 e. The summed E-state index contributed by atoms with van der Waals surface area (Å²) < 4.78 is 10.6. The van der Waals surface area contributed by atoms with E-state index in [1.54, 1.807) is 0 Å². The van der Waals surface area contributed by atoms with Gasteiger partial charge in [-0.05, 0) is 12.3 Å². The summed E-state index contributed by atoms with van der Waals surface area (Å²) in [5.41, 5.74) is 0. The lowest BCUT2D eigenvalue weighted by Crippen LogP contribution is -2.11. The molecule has 0 bridgehead atoms. The molecule has 0 aliphatic heterocycles. The van der Waals surface area contributed by atoms with E-state index in [9.17, 15) is 0 Å². The van der Waals surface area contributed by atoms with Crippen LogP contribution in [0.4, 0.5) is 0 Å². The van der Waals surface area contributed by atoms with Crippen LogP contribution >= 0.6 is 0 Å². The summed E-state index contributed by atoms with van der Waals surface area (Å²) in [6.45, 7) is 7.03. The van der Waals surface area contributed by atoms with Crippen molar-refractivity contribution in [1.82, 2.24) is 0 Å². The molecule has 1 atom stereocenters. The topological polar surface area (TPSA) is 38.7 Å². The summed E-state index contributed by atoms with van der Waals surface area (Å²) in [6.07, 6.45) is 6.58. The van der Waals surface area contributed by atoms with Crippen molar-refractivity contribution in [2.75, 3.05) is 33.0 Å². The largest absolute Gasteiger partial charge is 0.394 e. The monoisotopic (exact) mass is 232 g/mol. The van der Waals surface area contributed by atoms with Gasteiger partial charge in [0.2, 0.25) is 0 Å². The van der Waals surface area contributed by atoms with Gasteiger partial charge >= 0.3 is 0 Å². The van der Waals surface area contributed by atoms with Gasteiger partial charge in [0.05, 0.1) is 26.4 Å². The maximum absolute atomic E-state index is 8.49. The molecule has 98 valence electrons. The molecule has 16 heavy (non-hydrogen) atoms. The first-order valence-electron chi connectivity index (χ1n) is 6.57. The van der Waals surface area contributed by atoms with Crippen LogP contribution in [0.5, 0.6) is 0 Å². The molecule has 0 spiro atoms. The first-order valence-corrected chi connectivity index (χ1v) is 6.57. The van der Waals surface area contributed by atoms with Crippen molar-refractivity contribution in [1.29, 1.82) is 0 Å². The maximum Gasteiger partial charge on any atom is 0.0701 e. The zero-order valence-electron chi connectivity index (χ0n) is 10.9. The van der Waals surface area contributed by atoms with Crippen LogP contribution in [0.25, 0.3) is 0 Å². The summed E-state index contributed by atoms with van der Waals surface area (Å²) in [5.74, 6) is 0.648. The highest BCUT2D eigenvalue weighted by Gasteiger charge is 2.01. The van der Waals surface area contributed by atoms with Crippen molar-refractivity contribution in [3.63, 3.8) is 0 Å². The van der Waals surface area contributed by atoms with E-state index >= 15 is 0 Å². The smallest absolute Gasteiger partial charge is 0.0701 e. The standard InChI is InChI=1S/C13H28O3/c1-3-4-5-6-7-13(2)12-16-11-10-15-9-8-14/h13-14H,3-12H2,1-2H3. The van der Waals surface area contributed by atoms with Crippen molar-refractivity contribution in [3.05, 3.63) is 0 Å². The Morgan fingerprint density at radius 3 is 2.44 bits per heavy atom. The van der Waals surface area contributed by atoms with Gasteiger partial charge < -0.3 is 14.6 Å². The minimum absolute atomic E-state index is 0.0911. The summed E-state index contributed by atoms with van der Waals surface area (Å²) in [7, 11) is 0. The number of aliphatic hydroxyl groups excluding tert-OH is 1. The van der Waals surface area contributed by atoms with E-state index in [-0.39, 0.29) is 6.61 Å². The molecule has 0 aromatic carbocycles. The van der Waals surface area contributed by atoms with Gasteiger partial charge in [0, 0.05) is 6.61 Å². The van der Waals surface area contributed by atoms with Gasteiger partial charge in [0.15, 0.2) is 0 Å². The van der Waals surface area contributed by atoms with Crippen molar-refractivity contribution >= 4 is 0 Å². The molecule has 0 aliphatic carbocycles. The van der Waals surface area contributed by atoms with Gasteiger partial charge in [-0.2, -0.15) is 0 Å². The molecule has 0 aliphatic rings. The van der Waals surface area contributed by atoms with Crippen LogP contribution in [-0.2, 0) is 9.47 Å². The summed E-state index contributed by atoms with van der Waals surface area (Å²) in [5, 5.41) is 8.49. The number of rotatable bonds is 12. The third-order valence-corrected chi connectivity index (χ3v) is 2.56. The third-order valence-electron chi connectivity index (χ3n) is 2.56. The van der Waals surface area contributed by atoms with Crippen LogP contribution in [0.3, 0.4) is 0 Å². The molecule has 0 fully saturated rings. The van der Waals surface area contributed by atoms with Gasteiger partial charge in [-0.25, -0.2) is 0 Å². The average Bonchev–Trinajstić information content (AvgIpc) is 2.29. The average molecular weight is 232 g/mol. The lowest BCUT2D eigenvalue weighted by atomic mass is 10.0. The predicted molar refractivity (Wildman–Crippen MR) is 66.6 cm³/mol. The molecule has 1 N–H and O–H groups in total. The van der Waals surface area contributed by atoms with E-state index in [0.717, 1.165) is 6.61 Å². The Labute approximate surface area is 100 Å². The highest BCUT2D eigenvalue weighted by Crippen LogP contribution is 2.10. The van der Waals surface area contributed by atoms with E-state index in [2.05, 4.69) is 13.8 Å². The van der Waals surface area contributed by atoms with E-state index < -0.39 is 0 Å². The fourth-order valence-electron chi connectivity index (χ4n) is 1.57. The second-order valence-corrected chi connectivity index (χ2v) is 4.37.